The van der Waals surface area contributed by atoms with Gasteiger partial charge in [0.25, 0.3) is 5.91 Å². The van der Waals surface area contributed by atoms with Crippen LogP contribution >= 0.6 is 0 Å². The maximum Gasteiger partial charge on any atom is 0.261 e. The molecule has 16 heavy (non-hydrogen) atoms. The van der Waals surface area contributed by atoms with E-state index in [0.29, 0.717) is 0 Å². The van der Waals surface area contributed by atoms with E-state index in [2.05, 4.69) is 17.8 Å². The molecule has 2 N–H and O–H groups in total. The van der Waals surface area contributed by atoms with Gasteiger partial charge in [-0.1, -0.05) is 44.0 Å². The first-order valence-corrected chi connectivity index (χ1v) is 5.60. The van der Waals surface area contributed by atoms with Crippen LogP contribution in [0.15, 0.2) is 42.5 Å². The number of allylic oxidation sites excluding steroid dienone is 1. The van der Waals surface area contributed by atoms with Crippen LogP contribution in [0.2, 0.25) is 0 Å². The third-order valence-electron chi connectivity index (χ3n) is 2.10. The van der Waals surface area contributed by atoms with Gasteiger partial charge in [-0.2, -0.15) is 0 Å². The van der Waals surface area contributed by atoms with Gasteiger partial charge in [0, 0.05) is 6.08 Å². The minimum Gasteiger partial charge on any atom is -0.298 e. The maximum atomic E-state index is 11.3. The van der Waals surface area contributed by atoms with E-state index in [9.17, 15) is 4.79 Å². The van der Waals surface area contributed by atoms with Crippen LogP contribution in [0.25, 0.3) is 0 Å². The number of nitrogens with one attached hydrogen (secondary N) is 2. The Morgan fingerprint density at radius 1 is 1.31 bits per heavy atom. The van der Waals surface area contributed by atoms with Crippen LogP contribution in [0.3, 0.4) is 0 Å². The SMILES string of the molecule is CCCC/C=C/C(=O)NNc1ccccc1. The van der Waals surface area contributed by atoms with E-state index in [1.165, 1.54) is 0 Å². The molecule has 3 nitrogen and oxygen atoms in total. The van der Waals surface area contributed by atoms with E-state index in [0.717, 1.165) is 24.9 Å². The number of hydrazine groups is 1. The number of hydrogen-bond acceptors (Lipinski definition) is 2. The van der Waals surface area contributed by atoms with Crippen LogP contribution in [0.4, 0.5) is 5.69 Å². The van der Waals surface area contributed by atoms with Gasteiger partial charge in [-0.15, -0.1) is 0 Å². The fourth-order valence-corrected chi connectivity index (χ4v) is 1.21. The molecule has 0 aromatic heterocycles. The zero-order valence-electron chi connectivity index (χ0n) is 9.57. The highest BCUT2D eigenvalue weighted by atomic mass is 16.2. The van der Waals surface area contributed by atoms with Crippen LogP contribution in [0.5, 0.6) is 0 Å². The molecule has 86 valence electrons. The van der Waals surface area contributed by atoms with E-state index < -0.39 is 0 Å². The topological polar surface area (TPSA) is 41.1 Å². The van der Waals surface area contributed by atoms with Crippen LogP contribution < -0.4 is 10.9 Å². The van der Waals surface area contributed by atoms with Gasteiger partial charge in [0.05, 0.1) is 5.69 Å². The van der Waals surface area contributed by atoms with E-state index >= 15 is 0 Å². The van der Waals surface area contributed by atoms with Crippen molar-refractivity contribution in [3.05, 3.63) is 42.5 Å². The summed E-state index contributed by atoms with van der Waals surface area (Å²) in [7, 11) is 0. The molecule has 0 fully saturated rings. The second-order valence-corrected chi connectivity index (χ2v) is 3.52. The number of hydrogen-bond donors (Lipinski definition) is 2. The fourth-order valence-electron chi connectivity index (χ4n) is 1.21. The molecule has 0 atom stereocenters. The van der Waals surface area contributed by atoms with Crippen LogP contribution in [-0.2, 0) is 4.79 Å². The van der Waals surface area contributed by atoms with E-state index in [1.54, 1.807) is 6.08 Å². The zero-order chi connectivity index (χ0) is 11.6. The molecule has 0 unspecified atom stereocenters. The first kappa shape index (κ1) is 12.3. The number of amides is 1. The lowest BCUT2D eigenvalue weighted by atomic mass is 10.2. The normalized spacial score (nSPS) is 10.3. The maximum absolute atomic E-state index is 11.3. The lowest BCUT2D eigenvalue weighted by Gasteiger charge is -2.05. The largest absolute Gasteiger partial charge is 0.298 e. The monoisotopic (exact) mass is 218 g/mol. The summed E-state index contributed by atoms with van der Waals surface area (Å²) in [6.45, 7) is 2.13. The molecule has 0 aliphatic rings. The molecule has 1 aromatic rings. The summed E-state index contributed by atoms with van der Waals surface area (Å²) >= 11 is 0. The Bertz CT molecular complexity index is 333. The van der Waals surface area contributed by atoms with Crippen molar-refractivity contribution in [2.24, 2.45) is 0 Å². The van der Waals surface area contributed by atoms with Gasteiger partial charge >= 0.3 is 0 Å². The summed E-state index contributed by atoms with van der Waals surface area (Å²) in [4.78, 5) is 11.3. The number of benzene rings is 1. The van der Waals surface area contributed by atoms with Crippen molar-refractivity contribution in [2.45, 2.75) is 26.2 Å². The molecule has 0 saturated heterocycles. The van der Waals surface area contributed by atoms with Gasteiger partial charge in [-0.3, -0.25) is 15.6 Å². The molecule has 3 heteroatoms. The standard InChI is InChI=1S/C13H18N2O/c1-2-3-4-8-11-13(16)15-14-12-9-6-5-7-10-12/h5-11,14H,2-4H2,1H3,(H,15,16)/b11-8+. The third-order valence-corrected chi connectivity index (χ3v) is 2.10. The van der Waals surface area contributed by atoms with Gasteiger partial charge in [-0.05, 0) is 18.6 Å². The summed E-state index contributed by atoms with van der Waals surface area (Å²) in [6, 6.07) is 9.52. The zero-order valence-corrected chi connectivity index (χ0v) is 9.57. The van der Waals surface area contributed by atoms with Gasteiger partial charge < -0.3 is 0 Å². The number of anilines is 1. The fraction of sp³-hybridized carbons (Fsp3) is 0.308. The lowest BCUT2D eigenvalue weighted by molar-refractivity contribution is -0.116. The van der Waals surface area contributed by atoms with E-state index in [-0.39, 0.29) is 5.91 Å². The predicted octanol–water partition coefficient (Wildman–Crippen LogP) is 2.88. The summed E-state index contributed by atoms with van der Waals surface area (Å²) in [6.07, 6.45) is 6.68. The summed E-state index contributed by atoms with van der Waals surface area (Å²) < 4.78 is 0. The highest BCUT2D eigenvalue weighted by Gasteiger charge is 1.93. The number of rotatable bonds is 6. The Kier molecular flexibility index (Phi) is 5.78. The number of unbranched alkanes of at least 4 members (excludes halogenated alkanes) is 2. The van der Waals surface area contributed by atoms with Crippen LogP contribution in [0, 0.1) is 0 Å². The highest BCUT2D eigenvalue weighted by molar-refractivity contribution is 5.88. The molecular formula is C13H18N2O. The lowest BCUT2D eigenvalue weighted by Crippen LogP contribution is -2.27. The molecular weight excluding hydrogens is 200 g/mol. The Labute approximate surface area is 96.5 Å². The van der Waals surface area contributed by atoms with Gasteiger partial charge in [0.15, 0.2) is 0 Å². The van der Waals surface area contributed by atoms with Crippen molar-refractivity contribution in [3.8, 4) is 0 Å². The minimum absolute atomic E-state index is 0.125. The van der Waals surface area contributed by atoms with Crippen molar-refractivity contribution < 1.29 is 4.79 Å². The summed E-state index contributed by atoms with van der Waals surface area (Å²) in [5.74, 6) is -0.125. The summed E-state index contributed by atoms with van der Waals surface area (Å²) in [5.41, 5.74) is 6.31. The molecule has 0 aliphatic heterocycles. The second kappa shape index (κ2) is 7.51. The van der Waals surface area contributed by atoms with Crippen LogP contribution in [0.1, 0.15) is 26.2 Å². The number of para-hydroxylation sites is 1. The Balaban J connectivity index is 2.23. The van der Waals surface area contributed by atoms with Gasteiger partial charge in [-0.25, -0.2) is 0 Å². The van der Waals surface area contributed by atoms with Crippen molar-refractivity contribution in [1.82, 2.24) is 5.43 Å². The predicted molar refractivity (Wildman–Crippen MR) is 66.9 cm³/mol. The van der Waals surface area contributed by atoms with Crippen LogP contribution in [-0.4, -0.2) is 5.91 Å². The average molecular weight is 218 g/mol. The summed E-state index contributed by atoms with van der Waals surface area (Å²) in [5, 5.41) is 0. The van der Waals surface area contributed by atoms with Crippen molar-refractivity contribution in [2.75, 3.05) is 5.43 Å². The molecule has 1 rings (SSSR count). The molecule has 0 saturated carbocycles. The van der Waals surface area contributed by atoms with Crippen molar-refractivity contribution in [3.63, 3.8) is 0 Å². The van der Waals surface area contributed by atoms with Crippen molar-refractivity contribution >= 4 is 11.6 Å². The molecule has 1 amide bonds. The minimum atomic E-state index is -0.125. The molecule has 0 aliphatic carbocycles. The smallest absolute Gasteiger partial charge is 0.261 e. The third kappa shape index (κ3) is 5.20. The second-order valence-electron chi connectivity index (χ2n) is 3.52. The first-order chi connectivity index (χ1) is 7.83. The molecule has 0 spiro atoms. The molecule has 0 bridgehead atoms. The van der Waals surface area contributed by atoms with Crippen molar-refractivity contribution in [1.29, 1.82) is 0 Å². The molecule has 1 aromatic carbocycles. The van der Waals surface area contributed by atoms with Gasteiger partial charge in [0.1, 0.15) is 0 Å². The Hall–Kier alpha value is -1.77. The molecule has 0 radical (unpaired) electrons. The van der Waals surface area contributed by atoms with Gasteiger partial charge in [0.2, 0.25) is 0 Å². The first-order valence-electron chi connectivity index (χ1n) is 5.60. The number of carbonyl (C=O) groups excluding carboxylic acids is 1. The molecule has 0 heterocycles. The Morgan fingerprint density at radius 3 is 2.75 bits per heavy atom. The van der Waals surface area contributed by atoms with E-state index in [1.807, 2.05) is 36.4 Å². The quantitative estimate of drug-likeness (QED) is 0.438. The highest BCUT2D eigenvalue weighted by Crippen LogP contribution is 2.02. The number of carbonyl (C=O) groups is 1. The average Bonchev–Trinajstić information content (AvgIpc) is 2.33. The Morgan fingerprint density at radius 2 is 2.06 bits per heavy atom. The van der Waals surface area contributed by atoms with E-state index in [4.69, 9.17) is 0 Å².